The minimum Gasteiger partial charge on any atom is -0.353 e. The van der Waals surface area contributed by atoms with Gasteiger partial charge in [-0.25, -0.2) is 0 Å². The number of hydrogen-bond acceptors (Lipinski definition) is 3. The zero-order chi connectivity index (χ0) is 12.7. The Kier molecular flexibility index (Phi) is 4.87. The van der Waals surface area contributed by atoms with Gasteiger partial charge in [0.1, 0.15) is 0 Å². The zero-order valence-corrected chi connectivity index (χ0v) is 9.55. The maximum absolute atomic E-state index is 11.2. The first-order valence-electron chi connectivity index (χ1n) is 5.34. The van der Waals surface area contributed by atoms with Gasteiger partial charge in [0.15, 0.2) is 0 Å². The lowest BCUT2D eigenvalue weighted by Gasteiger charge is -1.97. The number of nitro benzene ring substituents is 1. The lowest BCUT2D eigenvalue weighted by atomic mass is 10.2. The van der Waals surface area contributed by atoms with E-state index in [0.717, 1.165) is 12.0 Å². The van der Waals surface area contributed by atoms with E-state index >= 15 is 0 Å². The molecule has 0 saturated heterocycles. The Labute approximate surface area is 99.3 Å². The van der Waals surface area contributed by atoms with Crippen LogP contribution in [-0.4, -0.2) is 17.4 Å². The molecule has 0 spiro atoms. The molecule has 0 saturated carbocycles. The van der Waals surface area contributed by atoms with Crippen LogP contribution in [0.25, 0.3) is 6.08 Å². The fourth-order valence-corrected chi connectivity index (χ4v) is 1.19. The van der Waals surface area contributed by atoms with Crippen molar-refractivity contribution in [3.05, 3.63) is 46.0 Å². The number of non-ortho nitro benzene ring substituents is 1. The van der Waals surface area contributed by atoms with Crippen LogP contribution >= 0.6 is 0 Å². The first-order valence-corrected chi connectivity index (χ1v) is 5.34. The van der Waals surface area contributed by atoms with Crippen LogP contribution in [-0.2, 0) is 4.79 Å². The van der Waals surface area contributed by atoms with Gasteiger partial charge in [0.25, 0.3) is 5.69 Å². The maximum Gasteiger partial charge on any atom is 0.269 e. The number of hydrogen-bond donors (Lipinski definition) is 1. The van der Waals surface area contributed by atoms with Crippen molar-refractivity contribution in [1.29, 1.82) is 0 Å². The highest BCUT2D eigenvalue weighted by atomic mass is 16.6. The molecule has 90 valence electrons. The van der Waals surface area contributed by atoms with Gasteiger partial charge >= 0.3 is 0 Å². The van der Waals surface area contributed by atoms with Gasteiger partial charge in [-0.1, -0.05) is 6.92 Å². The minimum atomic E-state index is -0.457. The normalized spacial score (nSPS) is 10.4. The molecule has 1 aromatic rings. The molecule has 1 aromatic carbocycles. The average Bonchev–Trinajstić information content (AvgIpc) is 2.34. The Morgan fingerprint density at radius 1 is 1.41 bits per heavy atom. The third-order valence-electron chi connectivity index (χ3n) is 2.08. The van der Waals surface area contributed by atoms with Gasteiger partial charge in [-0.15, -0.1) is 0 Å². The van der Waals surface area contributed by atoms with Crippen LogP contribution in [0, 0.1) is 10.1 Å². The van der Waals surface area contributed by atoms with Crippen molar-refractivity contribution in [2.45, 2.75) is 13.3 Å². The molecule has 0 aliphatic heterocycles. The predicted octanol–water partition coefficient (Wildman–Crippen LogP) is 2.13. The summed E-state index contributed by atoms with van der Waals surface area (Å²) < 4.78 is 0. The van der Waals surface area contributed by atoms with Gasteiger partial charge in [-0.3, -0.25) is 14.9 Å². The first-order chi connectivity index (χ1) is 8.13. The Morgan fingerprint density at radius 2 is 2.06 bits per heavy atom. The van der Waals surface area contributed by atoms with Crippen LogP contribution in [0.1, 0.15) is 18.9 Å². The van der Waals surface area contributed by atoms with E-state index in [1.807, 2.05) is 6.92 Å². The molecule has 0 aromatic heterocycles. The van der Waals surface area contributed by atoms with E-state index in [1.54, 1.807) is 18.2 Å². The van der Waals surface area contributed by atoms with Crippen molar-refractivity contribution < 1.29 is 9.72 Å². The third kappa shape index (κ3) is 4.46. The van der Waals surface area contributed by atoms with Crippen molar-refractivity contribution in [2.24, 2.45) is 0 Å². The molecular weight excluding hydrogens is 220 g/mol. The summed E-state index contributed by atoms with van der Waals surface area (Å²) in [6.07, 6.45) is 3.92. The number of amides is 1. The molecule has 17 heavy (non-hydrogen) atoms. The van der Waals surface area contributed by atoms with Crippen LogP contribution in [0.15, 0.2) is 30.3 Å². The zero-order valence-electron chi connectivity index (χ0n) is 9.55. The maximum atomic E-state index is 11.2. The van der Waals surface area contributed by atoms with Crippen molar-refractivity contribution in [2.75, 3.05) is 6.54 Å². The highest BCUT2D eigenvalue weighted by Crippen LogP contribution is 2.12. The Morgan fingerprint density at radius 3 is 2.59 bits per heavy atom. The molecule has 5 nitrogen and oxygen atoms in total. The summed E-state index contributed by atoms with van der Waals surface area (Å²) >= 11 is 0. The second kappa shape index (κ2) is 6.42. The van der Waals surface area contributed by atoms with Gasteiger partial charge in [0, 0.05) is 24.8 Å². The van der Waals surface area contributed by atoms with E-state index in [4.69, 9.17) is 0 Å². The predicted molar refractivity (Wildman–Crippen MR) is 65.4 cm³/mol. The lowest BCUT2D eigenvalue weighted by molar-refractivity contribution is -0.384. The molecule has 0 radical (unpaired) electrons. The molecule has 0 bridgehead atoms. The highest BCUT2D eigenvalue weighted by Gasteiger charge is 2.02. The van der Waals surface area contributed by atoms with Crippen molar-refractivity contribution in [3.63, 3.8) is 0 Å². The van der Waals surface area contributed by atoms with Gasteiger partial charge in [0.2, 0.25) is 5.91 Å². The van der Waals surface area contributed by atoms with Crippen molar-refractivity contribution in [3.8, 4) is 0 Å². The van der Waals surface area contributed by atoms with Gasteiger partial charge < -0.3 is 5.32 Å². The number of benzene rings is 1. The van der Waals surface area contributed by atoms with E-state index in [9.17, 15) is 14.9 Å². The Hall–Kier alpha value is -2.17. The largest absolute Gasteiger partial charge is 0.353 e. The molecule has 0 aliphatic rings. The van der Waals surface area contributed by atoms with Gasteiger partial charge in [-0.05, 0) is 30.2 Å². The van der Waals surface area contributed by atoms with Crippen molar-refractivity contribution >= 4 is 17.7 Å². The second-order valence-electron chi connectivity index (χ2n) is 3.47. The summed E-state index contributed by atoms with van der Waals surface area (Å²) in [5, 5.41) is 13.1. The number of nitrogens with one attached hydrogen (secondary N) is 1. The fraction of sp³-hybridized carbons (Fsp3) is 0.250. The molecule has 0 fully saturated rings. The summed E-state index contributed by atoms with van der Waals surface area (Å²) in [7, 11) is 0. The SMILES string of the molecule is CCCNC(=O)/C=C\c1ccc([N+](=O)[O-])cc1. The number of rotatable bonds is 5. The topological polar surface area (TPSA) is 72.2 Å². The van der Waals surface area contributed by atoms with Crippen LogP contribution in [0.5, 0.6) is 0 Å². The standard InChI is InChI=1S/C12H14N2O3/c1-2-9-13-12(15)8-5-10-3-6-11(7-4-10)14(16)17/h3-8H,2,9H2,1H3,(H,13,15)/b8-5-. The molecule has 0 aliphatic carbocycles. The monoisotopic (exact) mass is 234 g/mol. The molecule has 1 N–H and O–H groups in total. The van der Waals surface area contributed by atoms with Crippen LogP contribution in [0.2, 0.25) is 0 Å². The van der Waals surface area contributed by atoms with E-state index in [0.29, 0.717) is 6.54 Å². The number of nitrogens with zero attached hydrogens (tertiary/aromatic N) is 1. The van der Waals surface area contributed by atoms with Crippen LogP contribution < -0.4 is 5.32 Å². The number of carbonyl (C=O) groups excluding carboxylic acids is 1. The molecule has 0 unspecified atom stereocenters. The van der Waals surface area contributed by atoms with E-state index < -0.39 is 4.92 Å². The quantitative estimate of drug-likeness (QED) is 0.482. The van der Waals surface area contributed by atoms with Crippen molar-refractivity contribution in [1.82, 2.24) is 5.32 Å². The smallest absolute Gasteiger partial charge is 0.269 e. The van der Waals surface area contributed by atoms with Crippen LogP contribution in [0.3, 0.4) is 0 Å². The van der Waals surface area contributed by atoms with E-state index in [1.165, 1.54) is 18.2 Å². The molecule has 1 amide bonds. The molecule has 5 heteroatoms. The van der Waals surface area contributed by atoms with E-state index in [2.05, 4.69) is 5.32 Å². The third-order valence-corrected chi connectivity index (χ3v) is 2.08. The fourth-order valence-electron chi connectivity index (χ4n) is 1.19. The number of nitro groups is 1. The van der Waals surface area contributed by atoms with Crippen LogP contribution in [0.4, 0.5) is 5.69 Å². The highest BCUT2D eigenvalue weighted by molar-refractivity contribution is 5.91. The minimum absolute atomic E-state index is 0.0394. The van der Waals surface area contributed by atoms with E-state index in [-0.39, 0.29) is 11.6 Å². The molecule has 0 atom stereocenters. The summed E-state index contributed by atoms with van der Waals surface area (Å²) in [6, 6.07) is 6.01. The Bertz CT molecular complexity index is 424. The summed E-state index contributed by atoms with van der Waals surface area (Å²) in [5.41, 5.74) is 0.792. The Balaban J connectivity index is 2.59. The molecular formula is C12H14N2O3. The lowest BCUT2D eigenvalue weighted by Crippen LogP contribution is -2.21. The summed E-state index contributed by atoms with van der Waals surface area (Å²) in [6.45, 7) is 2.61. The first kappa shape index (κ1) is 12.9. The molecule has 1 rings (SSSR count). The number of carbonyl (C=O) groups is 1. The second-order valence-corrected chi connectivity index (χ2v) is 3.47. The van der Waals surface area contributed by atoms with Gasteiger partial charge in [0.05, 0.1) is 4.92 Å². The summed E-state index contributed by atoms with van der Waals surface area (Å²) in [5.74, 6) is -0.162. The van der Waals surface area contributed by atoms with Gasteiger partial charge in [-0.2, -0.15) is 0 Å². The summed E-state index contributed by atoms with van der Waals surface area (Å²) in [4.78, 5) is 21.2. The average molecular weight is 234 g/mol. The molecule has 0 heterocycles.